The number of rotatable bonds is 6. The first-order valence-corrected chi connectivity index (χ1v) is 5.69. The summed E-state index contributed by atoms with van der Waals surface area (Å²) in [4.78, 5) is 10.1. The molecule has 2 N–H and O–H groups in total. The molecule has 0 aromatic heterocycles. The van der Waals surface area contributed by atoms with Gasteiger partial charge in [-0.15, -0.1) is 0 Å². The Labute approximate surface area is 101 Å². The number of aliphatic hydroxyl groups excluding tert-OH is 1. The van der Waals surface area contributed by atoms with Crippen LogP contribution in [0.3, 0.4) is 0 Å². The summed E-state index contributed by atoms with van der Waals surface area (Å²) in [7, 11) is 0. The third-order valence-electron chi connectivity index (χ3n) is 2.80. The second-order valence-electron chi connectivity index (χ2n) is 4.02. The summed E-state index contributed by atoms with van der Waals surface area (Å²) in [5.74, 6) is 0. The van der Waals surface area contributed by atoms with Crippen molar-refractivity contribution >= 4 is 5.69 Å². The van der Waals surface area contributed by atoms with E-state index in [-0.39, 0.29) is 24.4 Å². The van der Waals surface area contributed by atoms with Crippen LogP contribution in [0.25, 0.3) is 0 Å². The number of nitro groups is 1. The van der Waals surface area contributed by atoms with Gasteiger partial charge in [0.1, 0.15) is 0 Å². The van der Waals surface area contributed by atoms with Crippen LogP contribution in [-0.2, 0) is 0 Å². The molecule has 1 aromatic rings. The van der Waals surface area contributed by atoms with Crippen LogP contribution in [0.4, 0.5) is 5.69 Å². The fourth-order valence-electron chi connectivity index (χ4n) is 1.63. The molecule has 0 aliphatic carbocycles. The zero-order valence-electron chi connectivity index (χ0n) is 10.1. The molecule has 0 heterocycles. The summed E-state index contributed by atoms with van der Waals surface area (Å²) in [6, 6.07) is 6.58. The van der Waals surface area contributed by atoms with Crippen molar-refractivity contribution in [3.63, 3.8) is 0 Å². The van der Waals surface area contributed by atoms with E-state index in [1.54, 1.807) is 12.1 Å². The Morgan fingerprint density at radius 2 is 2.00 bits per heavy atom. The SMILES string of the molecule is CCC(CO)NC(C)c1ccc([N+](=O)[O-])cc1. The van der Waals surface area contributed by atoms with Crippen LogP contribution in [0.15, 0.2) is 24.3 Å². The third kappa shape index (κ3) is 3.80. The van der Waals surface area contributed by atoms with E-state index >= 15 is 0 Å². The van der Waals surface area contributed by atoms with Crippen LogP contribution in [0, 0.1) is 10.1 Å². The minimum Gasteiger partial charge on any atom is -0.395 e. The van der Waals surface area contributed by atoms with Gasteiger partial charge >= 0.3 is 0 Å². The molecule has 2 atom stereocenters. The first-order chi connectivity index (χ1) is 8.08. The lowest BCUT2D eigenvalue weighted by molar-refractivity contribution is -0.384. The number of nitrogens with one attached hydrogen (secondary N) is 1. The maximum absolute atomic E-state index is 10.5. The average molecular weight is 238 g/mol. The summed E-state index contributed by atoms with van der Waals surface area (Å²) < 4.78 is 0. The number of benzene rings is 1. The Morgan fingerprint density at radius 3 is 2.41 bits per heavy atom. The maximum Gasteiger partial charge on any atom is 0.269 e. The maximum atomic E-state index is 10.5. The van der Waals surface area contributed by atoms with Crippen molar-refractivity contribution in [2.24, 2.45) is 0 Å². The molecule has 0 amide bonds. The molecule has 5 heteroatoms. The molecule has 0 aliphatic heterocycles. The average Bonchev–Trinajstić information content (AvgIpc) is 2.35. The normalized spacial score (nSPS) is 14.3. The predicted octanol–water partition coefficient (Wildman–Crippen LogP) is 2.02. The van der Waals surface area contributed by atoms with E-state index in [4.69, 9.17) is 5.11 Å². The van der Waals surface area contributed by atoms with Crippen LogP contribution < -0.4 is 5.32 Å². The summed E-state index contributed by atoms with van der Waals surface area (Å²) in [6.07, 6.45) is 0.841. The highest BCUT2D eigenvalue weighted by Gasteiger charge is 2.12. The van der Waals surface area contributed by atoms with Gasteiger partial charge in [0.05, 0.1) is 11.5 Å². The van der Waals surface area contributed by atoms with Crippen molar-refractivity contribution in [3.8, 4) is 0 Å². The fourth-order valence-corrected chi connectivity index (χ4v) is 1.63. The first kappa shape index (κ1) is 13.6. The zero-order chi connectivity index (χ0) is 12.8. The van der Waals surface area contributed by atoms with Gasteiger partial charge in [0.15, 0.2) is 0 Å². The topological polar surface area (TPSA) is 75.4 Å². The van der Waals surface area contributed by atoms with E-state index in [9.17, 15) is 10.1 Å². The van der Waals surface area contributed by atoms with Crippen LogP contribution in [-0.4, -0.2) is 22.7 Å². The van der Waals surface area contributed by atoms with Gasteiger partial charge in [0, 0.05) is 24.2 Å². The molecule has 1 aromatic carbocycles. The van der Waals surface area contributed by atoms with Crippen molar-refractivity contribution in [2.45, 2.75) is 32.4 Å². The van der Waals surface area contributed by atoms with Gasteiger partial charge < -0.3 is 10.4 Å². The third-order valence-corrected chi connectivity index (χ3v) is 2.80. The molecular weight excluding hydrogens is 220 g/mol. The first-order valence-electron chi connectivity index (χ1n) is 5.69. The van der Waals surface area contributed by atoms with Gasteiger partial charge in [-0.25, -0.2) is 0 Å². The Bertz CT molecular complexity index is 361. The highest BCUT2D eigenvalue weighted by molar-refractivity contribution is 5.34. The molecule has 0 radical (unpaired) electrons. The van der Waals surface area contributed by atoms with Crippen LogP contribution in [0.5, 0.6) is 0 Å². The van der Waals surface area contributed by atoms with E-state index in [1.165, 1.54) is 12.1 Å². The molecular formula is C12H18N2O3. The molecule has 0 fully saturated rings. The second-order valence-corrected chi connectivity index (χ2v) is 4.02. The number of non-ortho nitro benzene ring substituents is 1. The Hall–Kier alpha value is -1.46. The molecule has 2 unspecified atom stereocenters. The van der Waals surface area contributed by atoms with Gasteiger partial charge in [0.2, 0.25) is 0 Å². The highest BCUT2D eigenvalue weighted by Crippen LogP contribution is 2.18. The van der Waals surface area contributed by atoms with E-state index in [1.807, 2.05) is 13.8 Å². The number of aliphatic hydroxyl groups is 1. The number of nitrogens with zero attached hydrogens (tertiary/aromatic N) is 1. The molecule has 0 bridgehead atoms. The van der Waals surface area contributed by atoms with Gasteiger partial charge in [-0.2, -0.15) is 0 Å². The van der Waals surface area contributed by atoms with Crippen LogP contribution in [0.1, 0.15) is 31.9 Å². The van der Waals surface area contributed by atoms with Crippen molar-refractivity contribution in [1.82, 2.24) is 5.32 Å². The molecule has 0 aliphatic rings. The molecule has 1 rings (SSSR count). The molecule has 17 heavy (non-hydrogen) atoms. The van der Waals surface area contributed by atoms with Gasteiger partial charge in [-0.05, 0) is 18.9 Å². The standard InChI is InChI=1S/C12H18N2O3/c1-3-11(8-15)13-9(2)10-4-6-12(7-5-10)14(16)17/h4-7,9,11,13,15H,3,8H2,1-2H3. The van der Waals surface area contributed by atoms with Crippen molar-refractivity contribution in [2.75, 3.05) is 6.61 Å². The number of hydrogen-bond acceptors (Lipinski definition) is 4. The lowest BCUT2D eigenvalue weighted by Crippen LogP contribution is -2.33. The fraction of sp³-hybridized carbons (Fsp3) is 0.500. The molecule has 0 saturated heterocycles. The van der Waals surface area contributed by atoms with E-state index in [0.717, 1.165) is 12.0 Å². The quantitative estimate of drug-likeness (QED) is 0.587. The molecule has 0 saturated carbocycles. The van der Waals surface area contributed by atoms with Crippen molar-refractivity contribution in [3.05, 3.63) is 39.9 Å². The van der Waals surface area contributed by atoms with Crippen molar-refractivity contribution < 1.29 is 10.0 Å². The van der Waals surface area contributed by atoms with E-state index < -0.39 is 4.92 Å². The smallest absolute Gasteiger partial charge is 0.269 e. The van der Waals surface area contributed by atoms with Crippen molar-refractivity contribution in [1.29, 1.82) is 0 Å². The van der Waals surface area contributed by atoms with E-state index in [2.05, 4.69) is 5.32 Å². The Morgan fingerprint density at radius 1 is 1.41 bits per heavy atom. The lowest BCUT2D eigenvalue weighted by atomic mass is 10.1. The van der Waals surface area contributed by atoms with Gasteiger partial charge in [-0.3, -0.25) is 10.1 Å². The Kier molecular flexibility index (Phi) is 5.06. The molecule has 5 nitrogen and oxygen atoms in total. The summed E-state index contributed by atoms with van der Waals surface area (Å²) in [5.41, 5.74) is 1.07. The van der Waals surface area contributed by atoms with Gasteiger partial charge in [0.25, 0.3) is 5.69 Å². The monoisotopic (exact) mass is 238 g/mol. The Balaban J connectivity index is 2.69. The minimum absolute atomic E-state index is 0.0557. The highest BCUT2D eigenvalue weighted by atomic mass is 16.6. The summed E-state index contributed by atoms with van der Waals surface area (Å²) in [5, 5.41) is 22.9. The number of nitro benzene ring substituents is 1. The molecule has 0 spiro atoms. The lowest BCUT2D eigenvalue weighted by Gasteiger charge is -2.20. The summed E-state index contributed by atoms with van der Waals surface area (Å²) in [6.45, 7) is 4.06. The molecule has 94 valence electrons. The van der Waals surface area contributed by atoms with Crippen LogP contribution in [0.2, 0.25) is 0 Å². The van der Waals surface area contributed by atoms with Crippen LogP contribution >= 0.6 is 0 Å². The van der Waals surface area contributed by atoms with E-state index in [0.29, 0.717) is 0 Å². The number of hydrogen-bond donors (Lipinski definition) is 2. The second kappa shape index (κ2) is 6.32. The zero-order valence-corrected chi connectivity index (χ0v) is 10.1. The summed E-state index contributed by atoms with van der Waals surface area (Å²) >= 11 is 0. The largest absolute Gasteiger partial charge is 0.395 e. The predicted molar refractivity (Wildman–Crippen MR) is 65.8 cm³/mol. The van der Waals surface area contributed by atoms with Gasteiger partial charge in [-0.1, -0.05) is 19.1 Å². The minimum atomic E-state index is -0.412.